The maximum absolute atomic E-state index is 11.6. The van der Waals surface area contributed by atoms with Crippen LogP contribution in [0.3, 0.4) is 0 Å². The first kappa shape index (κ1) is 8.99. The van der Waals surface area contributed by atoms with Crippen LogP contribution in [-0.2, 0) is 11.3 Å². The van der Waals surface area contributed by atoms with E-state index in [0.29, 0.717) is 11.5 Å². The fourth-order valence-corrected chi connectivity index (χ4v) is 0.734. The lowest BCUT2D eigenvalue weighted by Gasteiger charge is -2.01. The Morgan fingerprint density at radius 2 is 2.33 bits per heavy atom. The van der Waals surface area contributed by atoms with Gasteiger partial charge in [-0.05, 0) is 13.0 Å². The van der Waals surface area contributed by atoms with Crippen LogP contribution in [0.25, 0.3) is 0 Å². The number of alkyl halides is 2. The number of rotatable bonds is 3. The van der Waals surface area contributed by atoms with E-state index in [2.05, 4.69) is 14.7 Å². The first-order valence-electron chi connectivity index (χ1n) is 3.37. The summed E-state index contributed by atoms with van der Waals surface area (Å²) in [6.07, 6.45) is 1.51. The van der Waals surface area contributed by atoms with E-state index in [9.17, 15) is 8.78 Å². The van der Waals surface area contributed by atoms with Gasteiger partial charge in [-0.25, -0.2) is 9.97 Å². The summed E-state index contributed by atoms with van der Waals surface area (Å²) >= 11 is 0. The van der Waals surface area contributed by atoms with Crippen molar-refractivity contribution in [3.63, 3.8) is 0 Å². The minimum Gasteiger partial charge on any atom is -0.317 e. The van der Waals surface area contributed by atoms with Crippen LogP contribution in [0.4, 0.5) is 8.78 Å². The van der Waals surface area contributed by atoms with Crippen molar-refractivity contribution in [2.24, 2.45) is 0 Å². The molecule has 1 heterocycles. The van der Waals surface area contributed by atoms with E-state index >= 15 is 0 Å². The minimum atomic E-state index is -2.75. The van der Waals surface area contributed by atoms with E-state index in [-0.39, 0.29) is 6.61 Å². The summed E-state index contributed by atoms with van der Waals surface area (Å²) in [6.45, 7) is -1.24. The molecule has 0 atom stereocenters. The molecule has 3 nitrogen and oxygen atoms in total. The summed E-state index contributed by atoms with van der Waals surface area (Å²) in [5, 5.41) is 0. The van der Waals surface area contributed by atoms with Crippen molar-refractivity contribution in [3.8, 4) is 0 Å². The van der Waals surface area contributed by atoms with Crippen molar-refractivity contribution in [1.82, 2.24) is 9.97 Å². The van der Waals surface area contributed by atoms with Gasteiger partial charge in [0.1, 0.15) is 5.82 Å². The average molecular weight is 174 g/mol. The number of aryl methyl sites for hydroxylation is 1. The molecule has 1 aromatic rings. The highest BCUT2D eigenvalue weighted by Gasteiger charge is 2.02. The molecule has 0 radical (unpaired) electrons. The molecule has 0 spiro atoms. The molecule has 5 heteroatoms. The van der Waals surface area contributed by atoms with Crippen molar-refractivity contribution in [1.29, 1.82) is 0 Å². The molecule has 0 aliphatic rings. The molecule has 0 bridgehead atoms. The van der Waals surface area contributed by atoms with Crippen molar-refractivity contribution in [2.45, 2.75) is 20.1 Å². The Kier molecular flexibility index (Phi) is 3.04. The van der Waals surface area contributed by atoms with Gasteiger partial charge in [-0.3, -0.25) is 0 Å². The van der Waals surface area contributed by atoms with Crippen LogP contribution < -0.4 is 0 Å². The molecule has 1 aromatic heterocycles. The molecular formula is C7H8F2N2O. The molecule has 0 fully saturated rings. The van der Waals surface area contributed by atoms with Gasteiger partial charge in [-0.15, -0.1) is 0 Å². The van der Waals surface area contributed by atoms with E-state index in [1.54, 1.807) is 6.92 Å². The standard InChI is InChI=1S/C7H8F2N2O/c1-5-10-3-2-6(11-5)4-12-7(8)9/h2-3,7H,4H2,1H3. The van der Waals surface area contributed by atoms with Crippen LogP contribution in [0.1, 0.15) is 11.5 Å². The van der Waals surface area contributed by atoms with Gasteiger partial charge in [0.05, 0.1) is 12.3 Å². The molecule has 0 saturated carbocycles. The molecule has 0 saturated heterocycles. The highest BCUT2D eigenvalue weighted by atomic mass is 19.3. The molecule has 0 unspecified atom stereocenters. The van der Waals surface area contributed by atoms with E-state index in [0.717, 1.165) is 0 Å². The lowest BCUT2D eigenvalue weighted by molar-refractivity contribution is -0.138. The average Bonchev–Trinajstić information content (AvgIpc) is 2.01. The van der Waals surface area contributed by atoms with Gasteiger partial charge in [0.2, 0.25) is 0 Å². The fraction of sp³-hybridized carbons (Fsp3) is 0.429. The summed E-state index contributed by atoms with van der Waals surface area (Å²) in [4.78, 5) is 7.69. The molecule has 66 valence electrons. The molecule has 0 N–H and O–H groups in total. The molecule has 1 rings (SSSR count). The van der Waals surface area contributed by atoms with E-state index in [1.165, 1.54) is 12.3 Å². The van der Waals surface area contributed by atoms with Crippen molar-refractivity contribution in [3.05, 3.63) is 23.8 Å². The zero-order valence-corrected chi connectivity index (χ0v) is 6.50. The van der Waals surface area contributed by atoms with Gasteiger partial charge < -0.3 is 4.74 Å². The maximum atomic E-state index is 11.6. The predicted molar refractivity (Wildman–Crippen MR) is 37.6 cm³/mol. The van der Waals surface area contributed by atoms with Gasteiger partial charge in [-0.2, -0.15) is 8.78 Å². The largest absolute Gasteiger partial charge is 0.345 e. The SMILES string of the molecule is Cc1nccc(COC(F)F)n1. The number of hydrogen-bond donors (Lipinski definition) is 0. The van der Waals surface area contributed by atoms with Gasteiger partial charge in [0, 0.05) is 6.20 Å². The van der Waals surface area contributed by atoms with Crippen molar-refractivity contribution >= 4 is 0 Å². The molecular weight excluding hydrogens is 166 g/mol. The zero-order chi connectivity index (χ0) is 8.97. The molecule has 0 aliphatic heterocycles. The number of aromatic nitrogens is 2. The normalized spacial score (nSPS) is 10.7. The molecule has 0 aliphatic carbocycles. The lowest BCUT2D eigenvalue weighted by Crippen LogP contribution is -2.02. The minimum absolute atomic E-state index is 0.180. The fourth-order valence-electron chi connectivity index (χ4n) is 0.734. The summed E-state index contributed by atoms with van der Waals surface area (Å²) in [6, 6.07) is 1.54. The Morgan fingerprint density at radius 1 is 1.58 bits per heavy atom. The Balaban J connectivity index is 2.52. The topological polar surface area (TPSA) is 35.0 Å². The van der Waals surface area contributed by atoms with E-state index < -0.39 is 6.61 Å². The summed E-state index contributed by atoms with van der Waals surface area (Å²) < 4.78 is 27.2. The lowest BCUT2D eigenvalue weighted by atomic mass is 10.4. The zero-order valence-electron chi connectivity index (χ0n) is 6.50. The predicted octanol–water partition coefficient (Wildman–Crippen LogP) is 1.52. The third-order valence-electron chi connectivity index (χ3n) is 1.19. The van der Waals surface area contributed by atoms with E-state index in [1.807, 2.05) is 0 Å². The first-order chi connectivity index (χ1) is 5.68. The smallest absolute Gasteiger partial charge is 0.317 e. The highest BCUT2D eigenvalue weighted by molar-refractivity contribution is 4.99. The Bertz CT molecular complexity index is 255. The second kappa shape index (κ2) is 4.06. The monoisotopic (exact) mass is 174 g/mol. The van der Waals surface area contributed by atoms with Crippen LogP contribution in [0, 0.1) is 6.92 Å². The van der Waals surface area contributed by atoms with Gasteiger partial charge in [0.15, 0.2) is 0 Å². The van der Waals surface area contributed by atoms with Crippen LogP contribution in [-0.4, -0.2) is 16.6 Å². The van der Waals surface area contributed by atoms with Gasteiger partial charge >= 0.3 is 6.61 Å². The second-order valence-electron chi connectivity index (χ2n) is 2.17. The first-order valence-corrected chi connectivity index (χ1v) is 3.37. The highest BCUT2D eigenvalue weighted by Crippen LogP contribution is 2.01. The molecule has 0 aromatic carbocycles. The van der Waals surface area contributed by atoms with E-state index in [4.69, 9.17) is 0 Å². The Hall–Kier alpha value is -1.10. The summed E-state index contributed by atoms with van der Waals surface area (Å²) in [5.74, 6) is 0.547. The number of ether oxygens (including phenoxy) is 1. The number of hydrogen-bond acceptors (Lipinski definition) is 3. The van der Waals surface area contributed by atoms with Crippen LogP contribution in [0.5, 0.6) is 0 Å². The van der Waals surface area contributed by atoms with Crippen LogP contribution in [0.2, 0.25) is 0 Å². The number of halogens is 2. The van der Waals surface area contributed by atoms with Gasteiger partial charge in [0.25, 0.3) is 0 Å². The Labute approximate surface area is 68.4 Å². The quantitative estimate of drug-likeness (QED) is 0.696. The molecule has 12 heavy (non-hydrogen) atoms. The molecule has 0 amide bonds. The Morgan fingerprint density at radius 3 is 2.92 bits per heavy atom. The van der Waals surface area contributed by atoms with Gasteiger partial charge in [-0.1, -0.05) is 0 Å². The van der Waals surface area contributed by atoms with Crippen LogP contribution in [0.15, 0.2) is 12.3 Å². The third-order valence-corrected chi connectivity index (χ3v) is 1.19. The third kappa shape index (κ3) is 2.87. The van der Waals surface area contributed by atoms with Crippen molar-refractivity contribution in [2.75, 3.05) is 0 Å². The van der Waals surface area contributed by atoms with Crippen LogP contribution >= 0.6 is 0 Å². The summed E-state index contributed by atoms with van der Waals surface area (Å²) in [7, 11) is 0. The summed E-state index contributed by atoms with van der Waals surface area (Å²) in [5.41, 5.74) is 0.461. The van der Waals surface area contributed by atoms with Crippen molar-refractivity contribution < 1.29 is 13.5 Å². The second-order valence-corrected chi connectivity index (χ2v) is 2.17. The maximum Gasteiger partial charge on any atom is 0.345 e. The number of nitrogens with zero attached hydrogens (tertiary/aromatic N) is 2.